The Morgan fingerprint density at radius 1 is 1.18 bits per heavy atom. The molecule has 17 heavy (non-hydrogen) atoms. The lowest BCUT2D eigenvalue weighted by atomic mass is 9.99. The van der Waals surface area contributed by atoms with E-state index in [1.54, 1.807) is 6.07 Å². The van der Waals surface area contributed by atoms with Gasteiger partial charge < -0.3 is 20.6 Å². The summed E-state index contributed by atoms with van der Waals surface area (Å²) in [5, 5.41) is 32.1. The lowest BCUT2D eigenvalue weighted by Gasteiger charge is -2.25. The number of aliphatic hydroxyl groups is 1. The van der Waals surface area contributed by atoms with Gasteiger partial charge in [0.1, 0.15) is 0 Å². The number of phenols is 2. The maximum absolute atomic E-state index is 10.2. The second-order valence-electron chi connectivity index (χ2n) is 4.53. The molecule has 0 aliphatic rings. The molecule has 96 valence electrons. The van der Waals surface area contributed by atoms with Crippen molar-refractivity contribution in [3.8, 4) is 11.5 Å². The molecule has 1 aromatic carbocycles. The summed E-state index contributed by atoms with van der Waals surface area (Å²) in [5.41, 5.74) is 0.598. The Labute approximate surface area is 102 Å². The molecule has 0 radical (unpaired) electrons. The summed E-state index contributed by atoms with van der Waals surface area (Å²) < 4.78 is 0. The minimum Gasteiger partial charge on any atom is -0.504 e. The van der Waals surface area contributed by atoms with Gasteiger partial charge in [0.05, 0.1) is 6.10 Å². The summed E-state index contributed by atoms with van der Waals surface area (Å²) in [6.07, 6.45) is 0.0787. The van der Waals surface area contributed by atoms with Crippen molar-refractivity contribution in [1.82, 2.24) is 5.32 Å². The Morgan fingerprint density at radius 3 is 2.29 bits per heavy atom. The minimum absolute atomic E-state index is 0.0704. The zero-order valence-corrected chi connectivity index (χ0v) is 10.5. The van der Waals surface area contributed by atoms with Crippen molar-refractivity contribution in [2.45, 2.75) is 45.4 Å². The Bertz CT molecular complexity index is 366. The van der Waals surface area contributed by atoms with E-state index in [4.69, 9.17) is 0 Å². The summed E-state index contributed by atoms with van der Waals surface area (Å²) >= 11 is 0. The van der Waals surface area contributed by atoms with Gasteiger partial charge in [-0.1, -0.05) is 26.8 Å². The number of benzene rings is 1. The standard InChI is InChI=1S/C13H21NO3/c1-4-10(14-8(2)3)13(17)9-5-6-11(15)12(16)7-9/h5-8,10,13-17H,4H2,1-3H3/t10-,13-/m1/s1. The maximum Gasteiger partial charge on any atom is 0.157 e. The van der Waals surface area contributed by atoms with Gasteiger partial charge in [-0.3, -0.25) is 0 Å². The number of aromatic hydroxyl groups is 2. The molecule has 4 heteroatoms. The number of aliphatic hydroxyl groups excluding tert-OH is 1. The fraction of sp³-hybridized carbons (Fsp3) is 0.538. The molecular weight excluding hydrogens is 218 g/mol. The van der Waals surface area contributed by atoms with Crippen LogP contribution in [0.5, 0.6) is 11.5 Å². The van der Waals surface area contributed by atoms with Crippen molar-refractivity contribution in [3.63, 3.8) is 0 Å². The first-order valence-electron chi connectivity index (χ1n) is 5.91. The maximum atomic E-state index is 10.2. The molecule has 0 saturated carbocycles. The lowest BCUT2D eigenvalue weighted by molar-refractivity contribution is 0.121. The molecule has 0 aromatic heterocycles. The number of hydrogen-bond donors (Lipinski definition) is 4. The first-order chi connectivity index (χ1) is 7.95. The molecule has 0 unspecified atom stereocenters. The van der Waals surface area contributed by atoms with E-state index in [1.165, 1.54) is 12.1 Å². The van der Waals surface area contributed by atoms with Gasteiger partial charge in [-0.25, -0.2) is 0 Å². The van der Waals surface area contributed by atoms with Crippen LogP contribution in [0, 0.1) is 0 Å². The zero-order valence-electron chi connectivity index (χ0n) is 10.5. The van der Waals surface area contributed by atoms with Gasteiger partial charge in [-0.05, 0) is 24.1 Å². The molecule has 0 aliphatic heterocycles. The van der Waals surface area contributed by atoms with Gasteiger partial charge in [0, 0.05) is 12.1 Å². The summed E-state index contributed by atoms with van der Waals surface area (Å²) in [4.78, 5) is 0. The van der Waals surface area contributed by atoms with Crippen molar-refractivity contribution in [3.05, 3.63) is 23.8 Å². The number of hydrogen-bond acceptors (Lipinski definition) is 4. The van der Waals surface area contributed by atoms with Gasteiger partial charge in [0.15, 0.2) is 11.5 Å². The van der Waals surface area contributed by atoms with Gasteiger partial charge in [0.2, 0.25) is 0 Å². The van der Waals surface area contributed by atoms with Crippen molar-refractivity contribution in [2.24, 2.45) is 0 Å². The van der Waals surface area contributed by atoms with Gasteiger partial charge >= 0.3 is 0 Å². The van der Waals surface area contributed by atoms with Crippen LogP contribution in [0.15, 0.2) is 18.2 Å². The highest BCUT2D eigenvalue weighted by atomic mass is 16.3. The van der Waals surface area contributed by atoms with E-state index in [1.807, 2.05) is 20.8 Å². The van der Waals surface area contributed by atoms with Crippen LogP contribution in [0.4, 0.5) is 0 Å². The summed E-state index contributed by atoms with van der Waals surface area (Å²) in [6, 6.07) is 4.60. The van der Waals surface area contributed by atoms with E-state index < -0.39 is 6.10 Å². The first-order valence-corrected chi connectivity index (χ1v) is 5.91. The second kappa shape index (κ2) is 5.89. The number of rotatable bonds is 5. The van der Waals surface area contributed by atoms with Gasteiger partial charge in [-0.15, -0.1) is 0 Å². The molecule has 0 spiro atoms. The van der Waals surface area contributed by atoms with Gasteiger partial charge in [-0.2, -0.15) is 0 Å². The Hall–Kier alpha value is -1.26. The minimum atomic E-state index is -0.700. The second-order valence-corrected chi connectivity index (χ2v) is 4.53. The average Bonchev–Trinajstić information content (AvgIpc) is 2.28. The third-order valence-electron chi connectivity index (χ3n) is 2.71. The summed E-state index contributed by atoms with van der Waals surface area (Å²) in [7, 11) is 0. The molecule has 0 fully saturated rings. The molecule has 0 bridgehead atoms. The van der Waals surface area contributed by atoms with E-state index >= 15 is 0 Å². The zero-order chi connectivity index (χ0) is 13.0. The molecule has 0 aliphatic carbocycles. The predicted octanol–water partition coefficient (Wildman–Crippen LogP) is 1.91. The Kier molecular flexibility index (Phi) is 4.78. The first kappa shape index (κ1) is 13.8. The van der Waals surface area contributed by atoms with Crippen LogP contribution in [-0.2, 0) is 0 Å². The highest BCUT2D eigenvalue weighted by molar-refractivity contribution is 5.41. The number of nitrogens with one attached hydrogen (secondary N) is 1. The van der Waals surface area contributed by atoms with Crippen molar-refractivity contribution in [2.75, 3.05) is 0 Å². The van der Waals surface area contributed by atoms with Gasteiger partial charge in [0.25, 0.3) is 0 Å². The molecule has 4 N–H and O–H groups in total. The molecule has 2 atom stereocenters. The molecule has 1 aromatic rings. The van der Waals surface area contributed by atoms with E-state index in [2.05, 4.69) is 5.32 Å². The third kappa shape index (κ3) is 3.61. The highest BCUT2D eigenvalue weighted by Gasteiger charge is 2.20. The monoisotopic (exact) mass is 239 g/mol. The van der Waals surface area contributed by atoms with Crippen LogP contribution in [0.3, 0.4) is 0 Å². The third-order valence-corrected chi connectivity index (χ3v) is 2.71. The van der Waals surface area contributed by atoms with E-state index in [0.29, 0.717) is 5.56 Å². The molecule has 0 heterocycles. The normalized spacial score (nSPS) is 14.9. The van der Waals surface area contributed by atoms with E-state index in [9.17, 15) is 15.3 Å². The Morgan fingerprint density at radius 2 is 1.82 bits per heavy atom. The van der Waals surface area contributed by atoms with Crippen LogP contribution < -0.4 is 5.32 Å². The SMILES string of the molecule is CC[C@@H](NC(C)C)[C@H](O)c1ccc(O)c(O)c1. The Balaban J connectivity index is 2.85. The smallest absolute Gasteiger partial charge is 0.157 e. The van der Waals surface area contributed by atoms with Crippen LogP contribution in [0.2, 0.25) is 0 Å². The average molecular weight is 239 g/mol. The number of phenolic OH excluding ortho intramolecular Hbond substituents is 2. The van der Waals surface area contributed by atoms with Crippen molar-refractivity contribution in [1.29, 1.82) is 0 Å². The molecule has 0 amide bonds. The van der Waals surface area contributed by atoms with Crippen LogP contribution >= 0.6 is 0 Å². The van der Waals surface area contributed by atoms with E-state index in [0.717, 1.165) is 6.42 Å². The molecular formula is C13H21NO3. The van der Waals surface area contributed by atoms with Crippen LogP contribution in [0.25, 0.3) is 0 Å². The fourth-order valence-electron chi connectivity index (χ4n) is 1.82. The lowest BCUT2D eigenvalue weighted by Crippen LogP contribution is -2.38. The van der Waals surface area contributed by atoms with Crippen molar-refractivity contribution >= 4 is 0 Å². The molecule has 1 rings (SSSR count). The molecule has 4 nitrogen and oxygen atoms in total. The molecule has 0 saturated heterocycles. The topological polar surface area (TPSA) is 72.7 Å². The van der Waals surface area contributed by atoms with E-state index in [-0.39, 0.29) is 23.6 Å². The van der Waals surface area contributed by atoms with Crippen LogP contribution in [-0.4, -0.2) is 27.4 Å². The van der Waals surface area contributed by atoms with Crippen LogP contribution in [0.1, 0.15) is 38.9 Å². The predicted molar refractivity (Wildman–Crippen MR) is 67.1 cm³/mol. The largest absolute Gasteiger partial charge is 0.504 e. The fourth-order valence-corrected chi connectivity index (χ4v) is 1.82. The summed E-state index contributed by atoms with van der Waals surface area (Å²) in [6.45, 7) is 6.02. The quantitative estimate of drug-likeness (QED) is 0.592. The highest BCUT2D eigenvalue weighted by Crippen LogP contribution is 2.29. The summed E-state index contributed by atoms with van der Waals surface area (Å²) in [5.74, 6) is -0.383. The van der Waals surface area contributed by atoms with Crippen molar-refractivity contribution < 1.29 is 15.3 Å².